The van der Waals surface area contributed by atoms with Crippen LogP contribution in [0.5, 0.6) is 0 Å². The van der Waals surface area contributed by atoms with Crippen molar-refractivity contribution in [3.05, 3.63) is 35.0 Å². The fourth-order valence-corrected chi connectivity index (χ4v) is 5.25. The summed E-state index contributed by atoms with van der Waals surface area (Å²) in [6.07, 6.45) is 3.11. The molecule has 3 aromatic rings. The molecule has 2 unspecified atom stereocenters. The number of likely N-dealkylation sites (tertiary alicyclic amines) is 1. The number of rotatable bonds is 6. The van der Waals surface area contributed by atoms with Gasteiger partial charge in [-0.1, -0.05) is 41.2 Å². The Labute approximate surface area is 171 Å². The summed E-state index contributed by atoms with van der Waals surface area (Å²) in [5.74, 6) is 1.35. The van der Waals surface area contributed by atoms with Gasteiger partial charge in [-0.05, 0) is 41.4 Å². The van der Waals surface area contributed by atoms with Crippen molar-refractivity contribution in [3.63, 3.8) is 0 Å². The SMILES string of the molecule is CCCc1nnsc1-c1nc(-c2cccc3c2CC2CC(=O)N(CCO)C32)no1. The Morgan fingerprint density at radius 2 is 2.24 bits per heavy atom. The second-order valence-electron chi connectivity index (χ2n) is 7.52. The van der Waals surface area contributed by atoms with Crippen LogP contribution in [-0.2, 0) is 17.6 Å². The van der Waals surface area contributed by atoms with E-state index in [0.717, 1.165) is 41.0 Å². The van der Waals surface area contributed by atoms with Crippen LogP contribution in [0, 0.1) is 5.92 Å². The first-order chi connectivity index (χ1) is 14.2. The summed E-state index contributed by atoms with van der Waals surface area (Å²) in [4.78, 5) is 19.6. The molecule has 1 fully saturated rings. The van der Waals surface area contributed by atoms with Crippen LogP contribution < -0.4 is 0 Å². The van der Waals surface area contributed by atoms with Crippen LogP contribution >= 0.6 is 11.5 Å². The first kappa shape index (κ1) is 18.4. The molecule has 0 spiro atoms. The van der Waals surface area contributed by atoms with E-state index in [1.54, 1.807) is 0 Å². The van der Waals surface area contributed by atoms with E-state index in [4.69, 9.17) is 4.52 Å². The number of benzene rings is 1. The summed E-state index contributed by atoms with van der Waals surface area (Å²) >= 11 is 1.27. The van der Waals surface area contributed by atoms with E-state index in [0.29, 0.717) is 24.7 Å². The van der Waals surface area contributed by atoms with Gasteiger partial charge in [0, 0.05) is 18.5 Å². The number of β-amino-alcohol motifs (C(OH)–C–C–N with tert-alkyl or cyclic N) is 1. The Kier molecular flexibility index (Phi) is 4.63. The van der Waals surface area contributed by atoms with Crippen LogP contribution in [0.3, 0.4) is 0 Å². The summed E-state index contributed by atoms with van der Waals surface area (Å²) in [5.41, 5.74) is 4.13. The standard InChI is InChI=1S/C20H21N5O3S/c1-2-4-15-18(29-24-22-15)20-21-19(23-28-20)13-6-3-5-12-14(13)9-11-10-16(27)25(7-8-26)17(11)12/h3,5-6,11,17,26H,2,4,7-10H2,1H3. The molecule has 1 saturated heterocycles. The first-order valence-corrected chi connectivity index (χ1v) is 10.7. The topological polar surface area (TPSA) is 105 Å². The second-order valence-corrected chi connectivity index (χ2v) is 8.27. The molecule has 1 aliphatic heterocycles. The Morgan fingerprint density at radius 3 is 3.07 bits per heavy atom. The highest BCUT2D eigenvalue weighted by Crippen LogP contribution is 2.49. The minimum atomic E-state index is -0.0266. The molecular formula is C20H21N5O3S. The average Bonchev–Trinajstić information content (AvgIpc) is 3.47. The van der Waals surface area contributed by atoms with Crippen LogP contribution in [0.4, 0.5) is 0 Å². The lowest BCUT2D eigenvalue weighted by atomic mass is 10.0. The van der Waals surface area contributed by atoms with Gasteiger partial charge < -0.3 is 14.5 Å². The molecule has 9 heteroatoms. The zero-order valence-electron chi connectivity index (χ0n) is 16.0. The smallest absolute Gasteiger partial charge is 0.271 e. The van der Waals surface area contributed by atoms with Gasteiger partial charge in [-0.2, -0.15) is 4.98 Å². The highest BCUT2D eigenvalue weighted by atomic mass is 32.1. The molecule has 0 bridgehead atoms. The van der Waals surface area contributed by atoms with Crippen molar-refractivity contribution in [3.8, 4) is 22.2 Å². The second kappa shape index (κ2) is 7.31. The number of aromatic nitrogens is 4. The predicted octanol–water partition coefficient (Wildman–Crippen LogP) is 2.65. The zero-order valence-corrected chi connectivity index (χ0v) is 16.9. The molecule has 5 rings (SSSR count). The van der Waals surface area contributed by atoms with Crippen LogP contribution in [0.1, 0.15) is 42.6 Å². The maximum Gasteiger partial charge on any atom is 0.271 e. The fourth-order valence-electron chi connectivity index (χ4n) is 4.62. The monoisotopic (exact) mass is 411 g/mol. The van der Waals surface area contributed by atoms with Gasteiger partial charge in [-0.15, -0.1) is 5.10 Å². The van der Waals surface area contributed by atoms with Crippen molar-refractivity contribution in [2.24, 2.45) is 5.92 Å². The zero-order chi connectivity index (χ0) is 20.0. The lowest BCUT2D eigenvalue weighted by Gasteiger charge is -2.24. The Bertz CT molecular complexity index is 1060. The normalized spacial score (nSPS) is 20.3. The third kappa shape index (κ3) is 2.96. The largest absolute Gasteiger partial charge is 0.395 e. The molecule has 1 amide bonds. The van der Waals surface area contributed by atoms with Crippen molar-refractivity contribution < 1.29 is 14.4 Å². The minimum Gasteiger partial charge on any atom is -0.395 e. The van der Waals surface area contributed by atoms with Crippen molar-refractivity contribution in [2.45, 2.75) is 38.6 Å². The van der Waals surface area contributed by atoms with Gasteiger partial charge in [0.2, 0.25) is 11.7 Å². The Hall–Kier alpha value is -2.65. The van der Waals surface area contributed by atoms with Crippen LogP contribution in [0.2, 0.25) is 0 Å². The van der Waals surface area contributed by atoms with Gasteiger partial charge in [0.15, 0.2) is 0 Å². The highest BCUT2D eigenvalue weighted by Gasteiger charge is 2.46. The molecule has 1 aliphatic carbocycles. The summed E-state index contributed by atoms with van der Waals surface area (Å²) in [5, 5.41) is 17.8. The van der Waals surface area contributed by atoms with Gasteiger partial charge in [0.05, 0.1) is 18.3 Å². The average molecular weight is 411 g/mol. The number of nitrogens with zero attached hydrogens (tertiary/aromatic N) is 5. The Morgan fingerprint density at radius 1 is 1.34 bits per heavy atom. The molecule has 1 N–H and O–H groups in total. The number of carbonyl (C=O) groups excluding carboxylic acids is 1. The lowest BCUT2D eigenvalue weighted by Crippen LogP contribution is -2.30. The van der Waals surface area contributed by atoms with E-state index < -0.39 is 0 Å². The van der Waals surface area contributed by atoms with E-state index in [9.17, 15) is 9.90 Å². The number of fused-ring (bicyclic) bond motifs is 3. The maximum atomic E-state index is 12.3. The minimum absolute atomic E-state index is 0.0258. The number of aryl methyl sites for hydroxylation is 1. The molecule has 150 valence electrons. The van der Waals surface area contributed by atoms with Gasteiger partial charge in [-0.3, -0.25) is 4.79 Å². The number of hydrogen-bond acceptors (Lipinski definition) is 8. The third-order valence-electron chi connectivity index (χ3n) is 5.78. The number of aliphatic hydroxyl groups is 1. The van der Waals surface area contributed by atoms with E-state index >= 15 is 0 Å². The van der Waals surface area contributed by atoms with Crippen molar-refractivity contribution in [1.29, 1.82) is 0 Å². The van der Waals surface area contributed by atoms with E-state index in [1.807, 2.05) is 17.0 Å². The van der Waals surface area contributed by atoms with E-state index in [-0.39, 0.29) is 24.5 Å². The fraction of sp³-hybridized carbons (Fsp3) is 0.450. The van der Waals surface area contributed by atoms with Crippen molar-refractivity contribution >= 4 is 17.4 Å². The quantitative estimate of drug-likeness (QED) is 0.665. The van der Waals surface area contributed by atoms with Gasteiger partial charge >= 0.3 is 0 Å². The van der Waals surface area contributed by atoms with Crippen LogP contribution in [0.25, 0.3) is 22.2 Å². The predicted molar refractivity (Wildman–Crippen MR) is 106 cm³/mol. The molecule has 0 saturated carbocycles. The number of aliphatic hydroxyl groups excluding tert-OH is 1. The lowest BCUT2D eigenvalue weighted by molar-refractivity contribution is -0.129. The summed E-state index contributed by atoms with van der Waals surface area (Å²) in [6.45, 7) is 2.44. The molecule has 29 heavy (non-hydrogen) atoms. The first-order valence-electron chi connectivity index (χ1n) is 9.89. The van der Waals surface area contributed by atoms with E-state index in [1.165, 1.54) is 17.1 Å². The molecule has 2 aliphatic rings. The summed E-state index contributed by atoms with van der Waals surface area (Å²) < 4.78 is 9.59. The van der Waals surface area contributed by atoms with Gasteiger partial charge in [-0.25, -0.2) is 0 Å². The van der Waals surface area contributed by atoms with Crippen molar-refractivity contribution in [1.82, 2.24) is 24.6 Å². The highest BCUT2D eigenvalue weighted by molar-refractivity contribution is 7.09. The summed E-state index contributed by atoms with van der Waals surface area (Å²) in [6, 6.07) is 6.08. The third-order valence-corrected chi connectivity index (χ3v) is 6.54. The molecular weight excluding hydrogens is 390 g/mol. The van der Waals surface area contributed by atoms with Gasteiger partial charge in [0.25, 0.3) is 5.89 Å². The molecule has 2 atom stereocenters. The number of hydrogen-bond donors (Lipinski definition) is 1. The molecule has 0 radical (unpaired) electrons. The van der Waals surface area contributed by atoms with Gasteiger partial charge in [0.1, 0.15) is 4.88 Å². The van der Waals surface area contributed by atoms with Crippen LogP contribution in [0.15, 0.2) is 22.7 Å². The van der Waals surface area contributed by atoms with Crippen molar-refractivity contribution in [2.75, 3.05) is 13.2 Å². The molecule has 1 aromatic carbocycles. The number of amides is 1. The molecule has 3 heterocycles. The Balaban J connectivity index is 1.51. The number of carbonyl (C=O) groups is 1. The van der Waals surface area contributed by atoms with Crippen LogP contribution in [-0.4, -0.2) is 48.8 Å². The molecule has 8 nitrogen and oxygen atoms in total. The van der Waals surface area contributed by atoms with E-state index in [2.05, 4.69) is 32.7 Å². The molecule has 2 aromatic heterocycles. The maximum absolute atomic E-state index is 12.3. The summed E-state index contributed by atoms with van der Waals surface area (Å²) in [7, 11) is 0.